The number of carbonyl (C=O) groups excluding carboxylic acids is 1. The normalized spacial score (nSPS) is 18.9. The summed E-state index contributed by atoms with van der Waals surface area (Å²) in [5.41, 5.74) is 0. The highest BCUT2D eigenvalue weighted by Gasteiger charge is 2.15. The molecular formula is C15H30IN3O4. The molecule has 2 unspecified atom stereocenters. The average Bonchev–Trinajstić information content (AvgIpc) is 3.05. The fraction of sp³-hybridized carbons (Fsp3) is 0.867. The third-order valence-corrected chi connectivity index (χ3v) is 3.49. The fourth-order valence-electron chi connectivity index (χ4n) is 2.13. The lowest BCUT2D eigenvalue weighted by Crippen LogP contribution is -2.41. The molecule has 23 heavy (non-hydrogen) atoms. The summed E-state index contributed by atoms with van der Waals surface area (Å²) in [6, 6.07) is 0. The minimum Gasteiger partial charge on any atom is -0.469 e. The first-order chi connectivity index (χ1) is 10.7. The molecule has 8 heteroatoms. The Morgan fingerprint density at radius 2 is 2.22 bits per heavy atom. The van der Waals surface area contributed by atoms with Crippen molar-refractivity contribution in [1.82, 2.24) is 10.6 Å². The average molecular weight is 443 g/mol. The maximum atomic E-state index is 11.3. The first-order valence-corrected chi connectivity index (χ1v) is 7.89. The largest absolute Gasteiger partial charge is 0.469 e. The topological polar surface area (TPSA) is 81.2 Å². The Bertz CT molecular complexity index is 350. The smallest absolute Gasteiger partial charge is 0.310 e. The van der Waals surface area contributed by atoms with E-state index in [1.165, 1.54) is 7.11 Å². The van der Waals surface area contributed by atoms with Gasteiger partial charge in [-0.05, 0) is 19.3 Å². The molecule has 0 spiro atoms. The van der Waals surface area contributed by atoms with Crippen LogP contribution >= 0.6 is 24.0 Å². The van der Waals surface area contributed by atoms with E-state index in [-0.39, 0.29) is 42.0 Å². The minimum atomic E-state index is -0.231. The lowest BCUT2D eigenvalue weighted by atomic mass is 10.2. The molecule has 0 amide bonds. The highest BCUT2D eigenvalue weighted by atomic mass is 127. The Kier molecular flexibility index (Phi) is 13.4. The first-order valence-electron chi connectivity index (χ1n) is 7.89. The zero-order chi connectivity index (χ0) is 16.2. The van der Waals surface area contributed by atoms with Crippen LogP contribution in [0.1, 0.15) is 26.2 Å². The summed E-state index contributed by atoms with van der Waals surface area (Å²) in [5.74, 6) is 0.235. The third-order valence-electron chi connectivity index (χ3n) is 3.49. The van der Waals surface area contributed by atoms with Gasteiger partial charge in [-0.15, -0.1) is 24.0 Å². The second kappa shape index (κ2) is 13.8. The van der Waals surface area contributed by atoms with E-state index in [2.05, 4.69) is 20.4 Å². The van der Waals surface area contributed by atoms with Crippen LogP contribution in [0, 0.1) is 5.92 Å². The molecule has 2 N–H and O–H groups in total. The Labute approximate surface area is 155 Å². The van der Waals surface area contributed by atoms with Crippen LogP contribution < -0.4 is 10.6 Å². The molecule has 1 aliphatic heterocycles. The zero-order valence-corrected chi connectivity index (χ0v) is 16.6. The van der Waals surface area contributed by atoms with Gasteiger partial charge in [0.05, 0.1) is 25.7 Å². The molecule has 1 rings (SSSR count). The van der Waals surface area contributed by atoms with Gasteiger partial charge >= 0.3 is 5.97 Å². The SMILES string of the molecule is CN=C(NCCCOCC1CCCO1)NCC(C)C(=O)OC.I. The van der Waals surface area contributed by atoms with Crippen molar-refractivity contribution in [2.24, 2.45) is 10.9 Å². The van der Waals surface area contributed by atoms with Crippen LogP contribution in [0.2, 0.25) is 0 Å². The molecule has 0 saturated carbocycles. The number of hydrogen-bond donors (Lipinski definition) is 2. The molecule has 0 bridgehead atoms. The number of halogens is 1. The first kappa shape index (κ1) is 22.4. The predicted molar refractivity (Wildman–Crippen MR) is 100 cm³/mol. The van der Waals surface area contributed by atoms with E-state index in [0.717, 1.165) is 32.4 Å². The van der Waals surface area contributed by atoms with Crippen LogP contribution in [-0.2, 0) is 19.0 Å². The van der Waals surface area contributed by atoms with Crippen molar-refractivity contribution < 1.29 is 19.0 Å². The Balaban J connectivity index is 0.00000484. The van der Waals surface area contributed by atoms with Gasteiger partial charge in [-0.1, -0.05) is 6.92 Å². The summed E-state index contributed by atoms with van der Waals surface area (Å²) in [4.78, 5) is 15.4. The molecule has 7 nitrogen and oxygen atoms in total. The second-order valence-electron chi connectivity index (χ2n) is 5.37. The molecular weight excluding hydrogens is 413 g/mol. The van der Waals surface area contributed by atoms with Crippen molar-refractivity contribution in [1.29, 1.82) is 0 Å². The van der Waals surface area contributed by atoms with Gasteiger partial charge in [-0.3, -0.25) is 9.79 Å². The van der Waals surface area contributed by atoms with E-state index in [4.69, 9.17) is 9.47 Å². The molecule has 1 heterocycles. The quantitative estimate of drug-likeness (QED) is 0.183. The van der Waals surface area contributed by atoms with Crippen molar-refractivity contribution in [2.45, 2.75) is 32.3 Å². The van der Waals surface area contributed by atoms with Crippen LogP contribution in [0.3, 0.4) is 0 Å². The lowest BCUT2D eigenvalue weighted by Gasteiger charge is -2.15. The summed E-state index contributed by atoms with van der Waals surface area (Å²) >= 11 is 0. The standard InChI is InChI=1S/C15H29N3O4.HI/c1-12(14(19)20-3)10-18-15(16-2)17-7-5-8-21-11-13-6-4-9-22-13;/h12-13H,4-11H2,1-3H3,(H2,16,17,18);1H. The molecule has 1 saturated heterocycles. The Hall–Kier alpha value is -0.610. The van der Waals surface area contributed by atoms with Crippen LogP contribution in [-0.4, -0.2) is 65.1 Å². The lowest BCUT2D eigenvalue weighted by molar-refractivity contribution is -0.144. The third kappa shape index (κ3) is 9.98. The van der Waals surface area contributed by atoms with E-state index in [0.29, 0.717) is 25.7 Å². The van der Waals surface area contributed by atoms with Crippen LogP contribution in [0.25, 0.3) is 0 Å². The summed E-state index contributed by atoms with van der Waals surface area (Å²) in [5, 5.41) is 6.28. The molecule has 0 aliphatic carbocycles. The molecule has 2 atom stereocenters. The van der Waals surface area contributed by atoms with Gasteiger partial charge in [-0.25, -0.2) is 0 Å². The van der Waals surface area contributed by atoms with Crippen LogP contribution in [0.5, 0.6) is 0 Å². The molecule has 136 valence electrons. The van der Waals surface area contributed by atoms with Gasteiger partial charge in [0.2, 0.25) is 0 Å². The summed E-state index contributed by atoms with van der Waals surface area (Å²) < 4.78 is 15.8. The van der Waals surface area contributed by atoms with Crippen molar-refractivity contribution in [3.8, 4) is 0 Å². The van der Waals surface area contributed by atoms with Crippen LogP contribution in [0.15, 0.2) is 4.99 Å². The number of esters is 1. The molecule has 0 aromatic rings. The van der Waals surface area contributed by atoms with Gasteiger partial charge in [-0.2, -0.15) is 0 Å². The summed E-state index contributed by atoms with van der Waals surface area (Å²) in [6.07, 6.45) is 3.41. The van der Waals surface area contributed by atoms with E-state index < -0.39 is 0 Å². The van der Waals surface area contributed by atoms with E-state index >= 15 is 0 Å². The van der Waals surface area contributed by atoms with Gasteiger partial charge in [0.1, 0.15) is 0 Å². The number of guanidine groups is 1. The Morgan fingerprint density at radius 3 is 2.83 bits per heavy atom. The zero-order valence-electron chi connectivity index (χ0n) is 14.3. The molecule has 1 aliphatic rings. The number of ether oxygens (including phenoxy) is 3. The van der Waals surface area contributed by atoms with Crippen molar-refractivity contribution >= 4 is 35.9 Å². The van der Waals surface area contributed by atoms with E-state index in [1.807, 2.05) is 6.92 Å². The van der Waals surface area contributed by atoms with E-state index in [9.17, 15) is 4.79 Å². The van der Waals surface area contributed by atoms with Crippen molar-refractivity contribution in [2.75, 3.05) is 47.1 Å². The number of carbonyl (C=O) groups is 1. The molecule has 0 radical (unpaired) electrons. The summed E-state index contributed by atoms with van der Waals surface area (Å²) in [7, 11) is 3.09. The van der Waals surface area contributed by atoms with Gasteiger partial charge in [0.15, 0.2) is 5.96 Å². The summed E-state index contributed by atoms with van der Waals surface area (Å²) in [6.45, 7) is 5.30. The number of hydrogen-bond acceptors (Lipinski definition) is 5. The number of nitrogens with zero attached hydrogens (tertiary/aromatic N) is 1. The fourth-order valence-corrected chi connectivity index (χ4v) is 2.13. The Morgan fingerprint density at radius 1 is 1.43 bits per heavy atom. The number of nitrogens with one attached hydrogen (secondary N) is 2. The number of rotatable bonds is 9. The van der Waals surface area contributed by atoms with Gasteiger partial charge in [0, 0.05) is 33.4 Å². The maximum absolute atomic E-state index is 11.3. The number of aliphatic imine (C=N–C) groups is 1. The van der Waals surface area contributed by atoms with E-state index in [1.54, 1.807) is 7.05 Å². The second-order valence-corrected chi connectivity index (χ2v) is 5.37. The predicted octanol–water partition coefficient (Wildman–Crippen LogP) is 1.16. The van der Waals surface area contributed by atoms with Crippen molar-refractivity contribution in [3.05, 3.63) is 0 Å². The number of methoxy groups -OCH3 is 1. The minimum absolute atomic E-state index is 0. The highest BCUT2D eigenvalue weighted by Crippen LogP contribution is 2.11. The van der Waals surface area contributed by atoms with Gasteiger partial charge < -0.3 is 24.8 Å². The molecule has 0 aromatic heterocycles. The monoisotopic (exact) mass is 443 g/mol. The molecule has 0 aromatic carbocycles. The van der Waals surface area contributed by atoms with Crippen molar-refractivity contribution in [3.63, 3.8) is 0 Å². The molecule has 1 fully saturated rings. The highest BCUT2D eigenvalue weighted by molar-refractivity contribution is 14.0. The van der Waals surface area contributed by atoms with Gasteiger partial charge in [0.25, 0.3) is 0 Å². The van der Waals surface area contributed by atoms with Crippen LogP contribution in [0.4, 0.5) is 0 Å². The maximum Gasteiger partial charge on any atom is 0.310 e.